The molecule has 0 aliphatic heterocycles. The van der Waals surface area contributed by atoms with E-state index in [-0.39, 0.29) is 6.54 Å². The lowest BCUT2D eigenvalue weighted by Crippen LogP contribution is -2.33. The Bertz CT molecular complexity index is 657. The van der Waals surface area contributed by atoms with Crippen molar-refractivity contribution in [2.45, 2.75) is 32.1 Å². The van der Waals surface area contributed by atoms with E-state index in [1.165, 1.54) is 12.4 Å². The van der Waals surface area contributed by atoms with Crippen molar-refractivity contribution in [3.8, 4) is 5.75 Å². The average molecular weight is 341 g/mol. The van der Waals surface area contributed by atoms with Crippen LogP contribution in [0.5, 0.6) is 5.75 Å². The van der Waals surface area contributed by atoms with Gasteiger partial charge in [-0.15, -0.1) is 0 Å². The summed E-state index contributed by atoms with van der Waals surface area (Å²) in [5, 5.41) is 2.50. The second kappa shape index (κ2) is 7.85. The Hall–Kier alpha value is -2.51. The van der Waals surface area contributed by atoms with Gasteiger partial charge >= 0.3 is 6.18 Å². The molecule has 0 radical (unpaired) electrons. The number of benzene rings is 1. The number of alkyl halides is 3. The number of carbonyl (C=O) groups is 1. The van der Waals surface area contributed by atoms with Gasteiger partial charge in [0.1, 0.15) is 11.8 Å². The van der Waals surface area contributed by atoms with Gasteiger partial charge in [-0.2, -0.15) is 13.2 Å². The molecule has 2 aromatic rings. The molecular weight excluding hydrogens is 323 g/mol. The number of rotatable bonds is 7. The highest BCUT2D eigenvalue weighted by Crippen LogP contribution is 2.32. The maximum atomic E-state index is 13.1. The fraction of sp³-hybridized carbons (Fsp3) is 0.375. The highest BCUT2D eigenvalue weighted by molar-refractivity contribution is 5.76. The van der Waals surface area contributed by atoms with E-state index in [2.05, 4.69) is 10.3 Å². The smallest absolute Gasteiger partial charge is 0.409 e. The summed E-state index contributed by atoms with van der Waals surface area (Å²) in [6.45, 7) is 2.49. The standard InChI is InChI=1S/C16H18F3N3O2/c1-2-24-13-5-3-4-12(8-13)10-21-15(23)9-14(16(17,18)19)22-7-6-20-11-22/h3-8,11,14H,2,9-10H2,1H3,(H,21,23). The summed E-state index contributed by atoms with van der Waals surface area (Å²) in [6, 6.07) is 5.10. The molecule has 24 heavy (non-hydrogen) atoms. The number of imidazole rings is 1. The summed E-state index contributed by atoms with van der Waals surface area (Å²) in [6.07, 6.45) is -1.75. The number of halogens is 3. The van der Waals surface area contributed by atoms with Gasteiger partial charge in [0, 0.05) is 18.9 Å². The lowest BCUT2D eigenvalue weighted by molar-refractivity contribution is -0.172. The molecule has 1 aromatic carbocycles. The molecule has 1 aromatic heterocycles. The zero-order chi connectivity index (χ0) is 17.6. The third-order valence-electron chi connectivity index (χ3n) is 3.34. The van der Waals surface area contributed by atoms with Crippen LogP contribution in [0.25, 0.3) is 0 Å². The highest BCUT2D eigenvalue weighted by Gasteiger charge is 2.42. The van der Waals surface area contributed by atoms with Crippen molar-refractivity contribution in [2.24, 2.45) is 0 Å². The fourth-order valence-electron chi connectivity index (χ4n) is 2.20. The molecule has 130 valence electrons. The number of hydrogen-bond acceptors (Lipinski definition) is 3. The number of amides is 1. The highest BCUT2D eigenvalue weighted by atomic mass is 19.4. The van der Waals surface area contributed by atoms with Crippen molar-refractivity contribution in [2.75, 3.05) is 6.61 Å². The van der Waals surface area contributed by atoms with Crippen molar-refractivity contribution >= 4 is 5.91 Å². The van der Waals surface area contributed by atoms with Crippen molar-refractivity contribution in [3.05, 3.63) is 48.5 Å². The number of carbonyl (C=O) groups excluding carboxylic acids is 1. The van der Waals surface area contributed by atoms with E-state index in [1.807, 2.05) is 6.92 Å². The lowest BCUT2D eigenvalue weighted by Gasteiger charge is -2.21. The first kappa shape index (κ1) is 17.8. The summed E-state index contributed by atoms with van der Waals surface area (Å²) >= 11 is 0. The van der Waals surface area contributed by atoms with E-state index in [0.717, 1.165) is 16.5 Å². The maximum Gasteiger partial charge on any atom is 0.409 e. The van der Waals surface area contributed by atoms with Crippen LogP contribution in [0.2, 0.25) is 0 Å². The predicted octanol–water partition coefficient (Wildman–Crippen LogP) is 3.09. The predicted molar refractivity (Wildman–Crippen MR) is 81.4 cm³/mol. The van der Waals surface area contributed by atoms with Gasteiger partial charge in [0.2, 0.25) is 5.91 Å². The van der Waals surface area contributed by atoms with Crippen LogP contribution >= 0.6 is 0 Å². The fourth-order valence-corrected chi connectivity index (χ4v) is 2.20. The third kappa shape index (κ3) is 5.00. The third-order valence-corrected chi connectivity index (χ3v) is 3.34. The Morgan fingerprint density at radius 2 is 2.21 bits per heavy atom. The minimum Gasteiger partial charge on any atom is -0.494 e. The Kier molecular flexibility index (Phi) is 5.83. The first-order chi connectivity index (χ1) is 11.4. The van der Waals surface area contributed by atoms with Crippen LogP contribution in [-0.4, -0.2) is 28.2 Å². The molecule has 1 amide bonds. The molecule has 1 heterocycles. The summed E-state index contributed by atoms with van der Waals surface area (Å²) in [5.41, 5.74) is 0.750. The van der Waals surface area contributed by atoms with Gasteiger partial charge in [0.25, 0.3) is 0 Å². The van der Waals surface area contributed by atoms with Crippen LogP contribution in [0.4, 0.5) is 13.2 Å². The van der Waals surface area contributed by atoms with Gasteiger partial charge in [-0.25, -0.2) is 4.98 Å². The van der Waals surface area contributed by atoms with Gasteiger partial charge in [-0.1, -0.05) is 12.1 Å². The van der Waals surface area contributed by atoms with Crippen LogP contribution in [0.3, 0.4) is 0 Å². The first-order valence-electron chi connectivity index (χ1n) is 7.42. The van der Waals surface area contributed by atoms with Gasteiger partial charge < -0.3 is 14.6 Å². The van der Waals surface area contributed by atoms with E-state index >= 15 is 0 Å². The molecule has 0 spiro atoms. The van der Waals surface area contributed by atoms with Crippen LogP contribution in [0.1, 0.15) is 24.9 Å². The van der Waals surface area contributed by atoms with Gasteiger partial charge in [0.15, 0.2) is 0 Å². The molecule has 2 rings (SSSR count). The number of ether oxygens (including phenoxy) is 1. The topological polar surface area (TPSA) is 56.1 Å². The number of aromatic nitrogens is 2. The molecule has 0 saturated heterocycles. The number of nitrogens with zero attached hydrogens (tertiary/aromatic N) is 2. The molecule has 0 saturated carbocycles. The molecule has 5 nitrogen and oxygen atoms in total. The molecular formula is C16H18F3N3O2. The second-order valence-corrected chi connectivity index (χ2v) is 5.13. The minimum atomic E-state index is -4.53. The van der Waals surface area contributed by atoms with E-state index in [0.29, 0.717) is 12.4 Å². The van der Waals surface area contributed by atoms with Gasteiger partial charge in [0.05, 0.1) is 19.4 Å². The number of nitrogens with one attached hydrogen (secondary N) is 1. The van der Waals surface area contributed by atoms with Crippen LogP contribution in [0, 0.1) is 0 Å². The molecule has 1 unspecified atom stereocenters. The quantitative estimate of drug-likeness (QED) is 0.842. The molecule has 0 bridgehead atoms. The Morgan fingerprint density at radius 3 is 2.83 bits per heavy atom. The molecule has 1 atom stereocenters. The molecule has 0 aliphatic carbocycles. The molecule has 8 heteroatoms. The minimum absolute atomic E-state index is 0.133. The summed E-state index contributed by atoms with van der Waals surface area (Å²) < 4.78 is 45.5. The largest absolute Gasteiger partial charge is 0.494 e. The van der Waals surface area contributed by atoms with E-state index < -0.39 is 24.5 Å². The average Bonchev–Trinajstić information content (AvgIpc) is 3.04. The van der Waals surface area contributed by atoms with Crippen molar-refractivity contribution < 1.29 is 22.7 Å². The van der Waals surface area contributed by atoms with Crippen LogP contribution in [-0.2, 0) is 11.3 Å². The Morgan fingerprint density at radius 1 is 1.42 bits per heavy atom. The van der Waals surface area contributed by atoms with Crippen molar-refractivity contribution in [1.82, 2.24) is 14.9 Å². The normalized spacial score (nSPS) is 12.7. The van der Waals surface area contributed by atoms with Crippen molar-refractivity contribution in [3.63, 3.8) is 0 Å². The van der Waals surface area contributed by atoms with Crippen LogP contribution < -0.4 is 10.1 Å². The summed E-state index contributed by atoms with van der Waals surface area (Å²) in [5.74, 6) is -0.0383. The van der Waals surface area contributed by atoms with Gasteiger partial charge in [-0.05, 0) is 24.6 Å². The van der Waals surface area contributed by atoms with E-state index in [4.69, 9.17) is 4.74 Å². The SMILES string of the molecule is CCOc1cccc(CNC(=O)CC(n2ccnc2)C(F)(F)F)c1. The Labute approximate surface area is 137 Å². The second-order valence-electron chi connectivity index (χ2n) is 5.13. The first-order valence-corrected chi connectivity index (χ1v) is 7.42. The maximum absolute atomic E-state index is 13.1. The zero-order valence-corrected chi connectivity index (χ0v) is 13.1. The van der Waals surface area contributed by atoms with E-state index in [1.54, 1.807) is 24.3 Å². The van der Waals surface area contributed by atoms with Crippen LogP contribution in [0.15, 0.2) is 43.0 Å². The lowest BCUT2D eigenvalue weighted by atomic mass is 10.1. The molecule has 0 aliphatic rings. The molecule has 0 fully saturated rings. The summed E-state index contributed by atoms with van der Waals surface area (Å²) in [4.78, 5) is 15.5. The zero-order valence-electron chi connectivity index (χ0n) is 13.1. The van der Waals surface area contributed by atoms with Crippen molar-refractivity contribution in [1.29, 1.82) is 0 Å². The Balaban J connectivity index is 1.95. The number of hydrogen-bond donors (Lipinski definition) is 1. The van der Waals surface area contributed by atoms with E-state index in [9.17, 15) is 18.0 Å². The molecule has 1 N–H and O–H groups in total. The van der Waals surface area contributed by atoms with Gasteiger partial charge in [-0.3, -0.25) is 4.79 Å². The summed E-state index contributed by atoms with van der Waals surface area (Å²) in [7, 11) is 0. The monoisotopic (exact) mass is 341 g/mol.